The molecule has 1 aliphatic rings. The van der Waals surface area contributed by atoms with Crippen molar-refractivity contribution in [1.82, 2.24) is 9.78 Å². The molecule has 1 aromatic rings. The van der Waals surface area contributed by atoms with Crippen molar-refractivity contribution in [3.8, 4) is 0 Å². The predicted molar refractivity (Wildman–Crippen MR) is 77.1 cm³/mol. The molecule has 102 valence electrons. The molecule has 0 radical (unpaired) electrons. The smallest absolute Gasteiger partial charge is 0.0828 e. The molecule has 18 heavy (non-hydrogen) atoms. The summed E-state index contributed by atoms with van der Waals surface area (Å²) in [6, 6.07) is 1.09. The number of nitrogens with one attached hydrogen (secondary N) is 1. The second-order valence-electron chi connectivity index (χ2n) is 6.01. The zero-order valence-corrected chi connectivity index (χ0v) is 12.5. The highest BCUT2D eigenvalue weighted by Crippen LogP contribution is 2.32. The Morgan fingerprint density at radius 3 is 2.56 bits per heavy atom. The van der Waals surface area contributed by atoms with E-state index in [9.17, 15) is 0 Å². The number of hydrogen-bond donors (Lipinski definition) is 1. The molecule has 0 saturated heterocycles. The quantitative estimate of drug-likeness (QED) is 0.871. The molecule has 1 N–H and O–H groups in total. The van der Waals surface area contributed by atoms with E-state index in [2.05, 4.69) is 49.7 Å². The number of anilines is 1. The molecule has 1 heterocycles. The van der Waals surface area contributed by atoms with Crippen LogP contribution in [0.25, 0.3) is 0 Å². The van der Waals surface area contributed by atoms with Gasteiger partial charge in [-0.15, -0.1) is 0 Å². The molecule has 3 heteroatoms. The monoisotopic (exact) mass is 249 g/mol. The fourth-order valence-electron chi connectivity index (χ4n) is 3.16. The lowest BCUT2D eigenvalue weighted by atomic mass is 10.1. The second kappa shape index (κ2) is 5.33. The lowest BCUT2D eigenvalue weighted by Crippen LogP contribution is -2.16. The minimum atomic E-state index is 0.436. The number of rotatable bonds is 4. The highest BCUT2D eigenvalue weighted by Gasteiger charge is 2.25. The Bertz CT molecular complexity index is 406. The van der Waals surface area contributed by atoms with Crippen LogP contribution in [0.5, 0.6) is 0 Å². The molecule has 1 saturated carbocycles. The van der Waals surface area contributed by atoms with E-state index < -0.39 is 0 Å². The van der Waals surface area contributed by atoms with Gasteiger partial charge in [-0.25, -0.2) is 0 Å². The summed E-state index contributed by atoms with van der Waals surface area (Å²) in [5.41, 5.74) is 3.69. The molecule has 1 aromatic heterocycles. The van der Waals surface area contributed by atoms with Crippen molar-refractivity contribution < 1.29 is 0 Å². The highest BCUT2D eigenvalue weighted by atomic mass is 15.3. The summed E-state index contributed by atoms with van der Waals surface area (Å²) in [4.78, 5) is 0. The molecule has 0 amide bonds. The van der Waals surface area contributed by atoms with Gasteiger partial charge in [-0.2, -0.15) is 5.10 Å². The standard InChI is InChI=1S/C15H27N3/c1-6-13-7-8-14(9-13)16-15-11(4)17-18(10(2)3)12(15)5/h10,13-14,16H,6-9H2,1-5H3. The van der Waals surface area contributed by atoms with E-state index in [1.807, 2.05) is 0 Å². The first-order chi connectivity index (χ1) is 8.52. The van der Waals surface area contributed by atoms with Crippen LogP contribution in [-0.4, -0.2) is 15.8 Å². The molecule has 0 spiro atoms. The number of hydrogen-bond acceptors (Lipinski definition) is 2. The van der Waals surface area contributed by atoms with Crippen molar-refractivity contribution in [2.45, 2.75) is 72.4 Å². The zero-order valence-electron chi connectivity index (χ0n) is 12.5. The summed E-state index contributed by atoms with van der Waals surface area (Å²) in [6.45, 7) is 11.0. The summed E-state index contributed by atoms with van der Waals surface area (Å²) in [6.07, 6.45) is 5.33. The lowest BCUT2D eigenvalue weighted by molar-refractivity contribution is 0.516. The topological polar surface area (TPSA) is 29.9 Å². The maximum Gasteiger partial charge on any atom is 0.0828 e. The molecule has 2 rings (SSSR count). The van der Waals surface area contributed by atoms with E-state index in [1.165, 1.54) is 37.1 Å². The maximum atomic E-state index is 4.65. The van der Waals surface area contributed by atoms with Gasteiger partial charge in [0.2, 0.25) is 0 Å². The van der Waals surface area contributed by atoms with Crippen molar-refractivity contribution in [2.24, 2.45) is 5.92 Å². The van der Waals surface area contributed by atoms with Crippen molar-refractivity contribution >= 4 is 5.69 Å². The van der Waals surface area contributed by atoms with E-state index in [-0.39, 0.29) is 0 Å². The van der Waals surface area contributed by atoms with Gasteiger partial charge in [0.1, 0.15) is 0 Å². The average Bonchev–Trinajstić information content (AvgIpc) is 2.88. The van der Waals surface area contributed by atoms with Gasteiger partial charge in [0.25, 0.3) is 0 Å². The van der Waals surface area contributed by atoms with E-state index in [0.717, 1.165) is 11.6 Å². The largest absolute Gasteiger partial charge is 0.379 e. The third-order valence-electron chi connectivity index (χ3n) is 4.28. The van der Waals surface area contributed by atoms with Gasteiger partial charge < -0.3 is 5.32 Å². The van der Waals surface area contributed by atoms with Crippen LogP contribution in [-0.2, 0) is 0 Å². The Hall–Kier alpha value is -0.990. The second-order valence-corrected chi connectivity index (χ2v) is 6.01. The summed E-state index contributed by atoms with van der Waals surface area (Å²) in [5.74, 6) is 0.920. The van der Waals surface area contributed by atoms with Crippen molar-refractivity contribution in [3.05, 3.63) is 11.4 Å². The van der Waals surface area contributed by atoms with Gasteiger partial charge in [-0.1, -0.05) is 13.3 Å². The number of nitrogens with zero attached hydrogens (tertiary/aromatic N) is 2. The molecule has 0 aliphatic heterocycles. The molecule has 3 nitrogen and oxygen atoms in total. The van der Waals surface area contributed by atoms with Gasteiger partial charge >= 0.3 is 0 Å². The Labute approximate surface area is 111 Å². The minimum Gasteiger partial charge on any atom is -0.379 e. The van der Waals surface area contributed by atoms with E-state index in [4.69, 9.17) is 0 Å². The summed E-state index contributed by atoms with van der Waals surface area (Å²) >= 11 is 0. The molecule has 1 fully saturated rings. The molecular weight excluding hydrogens is 222 g/mol. The third kappa shape index (κ3) is 2.55. The first-order valence-corrected chi connectivity index (χ1v) is 7.35. The van der Waals surface area contributed by atoms with Crippen molar-refractivity contribution in [2.75, 3.05) is 5.32 Å². The van der Waals surface area contributed by atoms with Gasteiger partial charge in [0, 0.05) is 12.1 Å². The Morgan fingerprint density at radius 2 is 2.06 bits per heavy atom. The zero-order chi connectivity index (χ0) is 13.3. The first-order valence-electron chi connectivity index (χ1n) is 7.35. The van der Waals surface area contributed by atoms with Crippen molar-refractivity contribution in [3.63, 3.8) is 0 Å². The van der Waals surface area contributed by atoms with Gasteiger partial charge in [-0.05, 0) is 52.9 Å². The van der Waals surface area contributed by atoms with Crippen molar-refractivity contribution in [1.29, 1.82) is 0 Å². The molecular formula is C15H27N3. The van der Waals surface area contributed by atoms with Crippen LogP contribution in [0.4, 0.5) is 5.69 Å². The van der Waals surface area contributed by atoms with Crippen LogP contribution in [0, 0.1) is 19.8 Å². The van der Waals surface area contributed by atoms with Crippen LogP contribution in [0.15, 0.2) is 0 Å². The van der Waals surface area contributed by atoms with Crippen LogP contribution in [0.3, 0.4) is 0 Å². The summed E-state index contributed by atoms with van der Waals surface area (Å²) in [7, 11) is 0. The van der Waals surface area contributed by atoms with Crippen LogP contribution < -0.4 is 5.32 Å². The highest BCUT2D eigenvalue weighted by molar-refractivity contribution is 5.53. The fourth-order valence-corrected chi connectivity index (χ4v) is 3.16. The normalized spacial score (nSPS) is 23.9. The molecule has 1 aliphatic carbocycles. The molecule has 0 bridgehead atoms. The lowest BCUT2D eigenvalue weighted by Gasteiger charge is -2.15. The fraction of sp³-hybridized carbons (Fsp3) is 0.800. The molecule has 2 atom stereocenters. The van der Waals surface area contributed by atoms with E-state index in [1.54, 1.807) is 0 Å². The van der Waals surface area contributed by atoms with E-state index >= 15 is 0 Å². The molecule has 0 aromatic carbocycles. The Morgan fingerprint density at radius 1 is 1.33 bits per heavy atom. The molecule has 2 unspecified atom stereocenters. The summed E-state index contributed by atoms with van der Waals surface area (Å²) in [5, 5.41) is 8.38. The maximum absolute atomic E-state index is 4.65. The van der Waals surface area contributed by atoms with E-state index in [0.29, 0.717) is 12.1 Å². The van der Waals surface area contributed by atoms with Crippen LogP contribution in [0.1, 0.15) is 63.9 Å². The Balaban J connectivity index is 2.10. The average molecular weight is 249 g/mol. The third-order valence-corrected chi connectivity index (χ3v) is 4.28. The number of aromatic nitrogens is 2. The van der Waals surface area contributed by atoms with Gasteiger partial charge in [0.05, 0.1) is 17.1 Å². The van der Waals surface area contributed by atoms with Crippen LogP contribution >= 0.6 is 0 Å². The predicted octanol–water partition coefficient (Wildman–Crippen LogP) is 4.07. The Kier molecular flexibility index (Phi) is 3.98. The number of aryl methyl sites for hydroxylation is 1. The minimum absolute atomic E-state index is 0.436. The van der Waals surface area contributed by atoms with Crippen LogP contribution in [0.2, 0.25) is 0 Å². The van der Waals surface area contributed by atoms with Gasteiger partial charge in [0.15, 0.2) is 0 Å². The van der Waals surface area contributed by atoms with Gasteiger partial charge in [-0.3, -0.25) is 4.68 Å². The SMILES string of the molecule is CCC1CCC(Nc2c(C)nn(C(C)C)c2C)C1. The summed E-state index contributed by atoms with van der Waals surface area (Å²) < 4.78 is 2.13. The first kappa shape index (κ1) is 13.4.